The molecule has 1 fully saturated rings. The van der Waals surface area contributed by atoms with Crippen molar-refractivity contribution in [3.05, 3.63) is 40.3 Å². The van der Waals surface area contributed by atoms with Crippen molar-refractivity contribution in [3.63, 3.8) is 0 Å². The Morgan fingerprint density at radius 1 is 1.33 bits per heavy atom. The fourth-order valence-corrected chi connectivity index (χ4v) is 3.38. The first-order valence-electron chi connectivity index (χ1n) is 6.74. The van der Waals surface area contributed by atoms with Crippen molar-refractivity contribution in [1.82, 2.24) is 14.8 Å². The molecular weight excluding hydrogens is 311 g/mol. The quantitative estimate of drug-likeness (QED) is 0.940. The molecule has 2 atom stereocenters. The lowest BCUT2D eigenvalue weighted by molar-refractivity contribution is 0.227. The summed E-state index contributed by atoms with van der Waals surface area (Å²) in [7, 11) is 1.89. The van der Waals surface area contributed by atoms with Crippen LogP contribution in [0.25, 0.3) is 0 Å². The van der Waals surface area contributed by atoms with Crippen molar-refractivity contribution in [2.75, 3.05) is 24.6 Å². The molecule has 1 N–H and O–H groups in total. The number of aromatic nitrogens is 3. The van der Waals surface area contributed by atoms with Crippen LogP contribution in [0, 0.1) is 5.92 Å². The molecular formula is C14H16Cl2N4O. The zero-order chi connectivity index (χ0) is 15.0. The predicted molar refractivity (Wildman–Crippen MR) is 83.0 cm³/mol. The van der Waals surface area contributed by atoms with Crippen LogP contribution in [0.2, 0.25) is 10.0 Å². The molecule has 112 valence electrons. The molecule has 7 heteroatoms. The molecule has 21 heavy (non-hydrogen) atoms. The van der Waals surface area contributed by atoms with E-state index in [4.69, 9.17) is 23.2 Å². The van der Waals surface area contributed by atoms with E-state index in [0.29, 0.717) is 22.4 Å². The van der Waals surface area contributed by atoms with E-state index in [1.165, 1.54) is 0 Å². The van der Waals surface area contributed by atoms with E-state index in [0.717, 1.165) is 12.1 Å². The number of hydrogen-bond donors (Lipinski definition) is 1. The Bertz CT molecular complexity index is 646. The van der Waals surface area contributed by atoms with Crippen LogP contribution < -0.4 is 4.90 Å². The minimum atomic E-state index is 0.126. The van der Waals surface area contributed by atoms with Gasteiger partial charge in [-0.1, -0.05) is 23.2 Å². The fraction of sp³-hybridized carbons (Fsp3) is 0.429. The van der Waals surface area contributed by atoms with E-state index in [1.54, 1.807) is 16.9 Å². The van der Waals surface area contributed by atoms with Crippen LogP contribution in [0.1, 0.15) is 11.5 Å². The van der Waals surface area contributed by atoms with Crippen LogP contribution in [-0.2, 0) is 7.05 Å². The van der Waals surface area contributed by atoms with Crippen LogP contribution in [0.4, 0.5) is 5.82 Å². The van der Waals surface area contributed by atoms with Crippen LogP contribution in [0.3, 0.4) is 0 Å². The SMILES string of the molecule is Cn1cc([C@@H]2CN(c3ncc(Cl)cc3Cl)C[C@H]2CO)cn1. The van der Waals surface area contributed by atoms with E-state index in [9.17, 15) is 5.11 Å². The third-order valence-corrected chi connectivity index (χ3v) is 4.40. The lowest BCUT2D eigenvalue weighted by atomic mass is 9.92. The minimum Gasteiger partial charge on any atom is -0.396 e. The smallest absolute Gasteiger partial charge is 0.147 e. The standard InChI is InChI=1S/C14H16Cl2N4O/c1-19-5-9(3-18-19)12-7-20(6-10(12)8-21)14-13(16)2-11(15)4-17-14/h2-5,10,12,21H,6-8H2,1H3/t10-,12-/m0/s1. The summed E-state index contributed by atoms with van der Waals surface area (Å²) in [5.74, 6) is 1.07. The second kappa shape index (κ2) is 5.83. The Labute approximate surface area is 133 Å². The molecule has 1 aliphatic heterocycles. The van der Waals surface area contributed by atoms with Gasteiger partial charge in [0, 0.05) is 51.0 Å². The lowest BCUT2D eigenvalue weighted by Gasteiger charge is -2.18. The largest absolute Gasteiger partial charge is 0.396 e. The van der Waals surface area contributed by atoms with Gasteiger partial charge in [0.25, 0.3) is 0 Å². The highest BCUT2D eigenvalue weighted by atomic mass is 35.5. The minimum absolute atomic E-state index is 0.126. The van der Waals surface area contributed by atoms with Gasteiger partial charge in [0.05, 0.1) is 16.2 Å². The molecule has 0 aliphatic carbocycles. The number of halogens is 2. The Balaban J connectivity index is 1.86. The van der Waals surface area contributed by atoms with E-state index in [1.807, 2.05) is 19.4 Å². The highest BCUT2D eigenvalue weighted by Crippen LogP contribution is 2.37. The van der Waals surface area contributed by atoms with Crippen LogP contribution in [0.15, 0.2) is 24.7 Å². The third kappa shape index (κ3) is 2.86. The Morgan fingerprint density at radius 2 is 2.14 bits per heavy atom. The maximum Gasteiger partial charge on any atom is 0.147 e. The summed E-state index contributed by atoms with van der Waals surface area (Å²) in [5.41, 5.74) is 1.13. The van der Waals surface area contributed by atoms with Crippen molar-refractivity contribution >= 4 is 29.0 Å². The summed E-state index contributed by atoms with van der Waals surface area (Å²) in [4.78, 5) is 6.42. The van der Waals surface area contributed by atoms with Crippen molar-refractivity contribution < 1.29 is 5.11 Å². The third-order valence-electron chi connectivity index (χ3n) is 3.92. The van der Waals surface area contributed by atoms with Gasteiger partial charge in [0.15, 0.2) is 0 Å². The second-order valence-electron chi connectivity index (χ2n) is 5.36. The van der Waals surface area contributed by atoms with Crippen LogP contribution in [-0.4, -0.2) is 39.6 Å². The fourth-order valence-electron chi connectivity index (χ4n) is 2.88. The maximum atomic E-state index is 9.65. The zero-order valence-electron chi connectivity index (χ0n) is 11.6. The molecule has 2 aromatic rings. The molecule has 1 aliphatic rings. The predicted octanol–water partition coefficient (Wildman–Crippen LogP) is 2.33. The first-order chi connectivity index (χ1) is 10.1. The number of aliphatic hydroxyl groups excluding tert-OH is 1. The van der Waals surface area contributed by atoms with Gasteiger partial charge in [0.1, 0.15) is 5.82 Å². The molecule has 3 heterocycles. The van der Waals surface area contributed by atoms with Gasteiger partial charge in [-0.2, -0.15) is 5.10 Å². The van der Waals surface area contributed by atoms with Crippen LogP contribution in [0.5, 0.6) is 0 Å². The highest BCUT2D eigenvalue weighted by molar-refractivity contribution is 6.36. The Hall–Kier alpha value is -1.30. The summed E-state index contributed by atoms with van der Waals surface area (Å²) >= 11 is 12.1. The molecule has 0 unspecified atom stereocenters. The zero-order valence-corrected chi connectivity index (χ0v) is 13.1. The van der Waals surface area contributed by atoms with Crippen molar-refractivity contribution in [1.29, 1.82) is 0 Å². The van der Waals surface area contributed by atoms with Gasteiger partial charge in [-0.15, -0.1) is 0 Å². The molecule has 0 bridgehead atoms. The number of aliphatic hydroxyl groups is 1. The van der Waals surface area contributed by atoms with E-state index in [2.05, 4.69) is 15.0 Å². The van der Waals surface area contributed by atoms with E-state index >= 15 is 0 Å². The van der Waals surface area contributed by atoms with E-state index in [-0.39, 0.29) is 18.4 Å². The number of hydrogen-bond acceptors (Lipinski definition) is 4. The number of aryl methyl sites for hydroxylation is 1. The average Bonchev–Trinajstić information content (AvgIpc) is 3.04. The molecule has 0 amide bonds. The second-order valence-corrected chi connectivity index (χ2v) is 6.20. The first kappa shape index (κ1) is 14.6. The van der Waals surface area contributed by atoms with E-state index < -0.39 is 0 Å². The maximum absolute atomic E-state index is 9.65. The molecule has 0 saturated carbocycles. The highest BCUT2D eigenvalue weighted by Gasteiger charge is 2.35. The van der Waals surface area contributed by atoms with Crippen molar-refractivity contribution in [2.24, 2.45) is 13.0 Å². The normalized spacial score (nSPS) is 22.0. The summed E-state index contributed by atoms with van der Waals surface area (Å²) in [5, 5.41) is 14.9. The molecule has 2 aromatic heterocycles. The lowest BCUT2D eigenvalue weighted by Crippen LogP contribution is -2.22. The number of pyridine rings is 1. The monoisotopic (exact) mass is 326 g/mol. The van der Waals surface area contributed by atoms with Crippen molar-refractivity contribution in [2.45, 2.75) is 5.92 Å². The molecule has 0 aromatic carbocycles. The van der Waals surface area contributed by atoms with Crippen LogP contribution >= 0.6 is 23.2 Å². The molecule has 5 nitrogen and oxygen atoms in total. The number of rotatable bonds is 3. The van der Waals surface area contributed by atoms with Gasteiger partial charge in [0.2, 0.25) is 0 Å². The average molecular weight is 327 g/mol. The molecule has 1 saturated heterocycles. The Kier molecular flexibility index (Phi) is 4.06. The van der Waals surface area contributed by atoms with Crippen molar-refractivity contribution in [3.8, 4) is 0 Å². The number of nitrogens with zero attached hydrogens (tertiary/aromatic N) is 4. The molecule has 0 radical (unpaired) electrons. The molecule has 0 spiro atoms. The van der Waals surface area contributed by atoms with Gasteiger partial charge < -0.3 is 10.0 Å². The topological polar surface area (TPSA) is 54.2 Å². The summed E-state index contributed by atoms with van der Waals surface area (Å²) in [6.07, 6.45) is 5.44. The van der Waals surface area contributed by atoms with Gasteiger partial charge in [-0.25, -0.2) is 4.98 Å². The summed E-state index contributed by atoms with van der Waals surface area (Å²) < 4.78 is 1.78. The van der Waals surface area contributed by atoms with Gasteiger partial charge >= 0.3 is 0 Å². The molecule has 3 rings (SSSR count). The number of anilines is 1. The van der Waals surface area contributed by atoms with Gasteiger partial charge in [-0.05, 0) is 11.6 Å². The first-order valence-corrected chi connectivity index (χ1v) is 7.49. The summed E-state index contributed by atoms with van der Waals surface area (Å²) in [6.45, 7) is 1.59. The Morgan fingerprint density at radius 3 is 2.76 bits per heavy atom. The van der Waals surface area contributed by atoms with Gasteiger partial charge in [-0.3, -0.25) is 4.68 Å². The summed E-state index contributed by atoms with van der Waals surface area (Å²) in [6, 6.07) is 1.69.